The molecule has 7 nitrogen and oxygen atoms in total. The minimum atomic E-state index is 0.000340. The zero-order valence-corrected chi connectivity index (χ0v) is 18.7. The molecule has 0 saturated carbocycles. The van der Waals surface area contributed by atoms with E-state index in [-0.39, 0.29) is 5.91 Å². The lowest BCUT2D eigenvalue weighted by Gasteiger charge is -2.36. The molecule has 4 heterocycles. The van der Waals surface area contributed by atoms with Crippen molar-refractivity contribution in [2.75, 3.05) is 69.7 Å². The van der Waals surface area contributed by atoms with E-state index in [2.05, 4.69) is 38.4 Å². The summed E-state index contributed by atoms with van der Waals surface area (Å²) in [7, 11) is 1.74. The van der Waals surface area contributed by atoms with Crippen LogP contribution in [0.1, 0.15) is 16.0 Å². The van der Waals surface area contributed by atoms with Crippen LogP contribution in [0, 0.1) is 6.92 Å². The third-order valence-electron chi connectivity index (χ3n) is 5.88. The third kappa shape index (κ3) is 5.18. The van der Waals surface area contributed by atoms with Crippen LogP contribution in [0.15, 0.2) is 23.6 Å². The van der Waals surface area contributed by atoms with E-state index in [4.69, 9.17) is 9.72 Å². The number of carbonyl (C=O) groups excluding carboxylic acids is 1. The molecular formula is C22H31N5O2S. The number of ether oxygens (including phenoxy) is 1. The molecule has 0 atom stereocenters. The van der Waals surface area contributed by atoms with Gasteiger partial charge < -0.3 is 15.0 Å². The number of rotatable bonds is 7. The average Bonchev–Trinajstić information content (AvgIpc) is 3.22. The maximum atomic E-state index is 12.6. The Morgan fingerprint density at radius 1 is 1.17 bits per heavy atom. The predicted octanol–water partition coefficient (Wildman–Crippen LogP) is 2.22. The Hall–Kier alpha value is -2.00. The molecule has 2 aromatic heterocycles. The summed E-state index contributed by atoms with van der Waals surface area (Å²) in [5.41, 5.74) is 2.50. The lowest BCUT2D eigenvalue weighted by Crippen LogP contribution is -2.47. The Morgan fingerprint density at radius 3 is 2.80 bits per heavy atom. The van der Waals surface area contributed by atoms with Gasteiger partial charge in [0, 0.05) is 57.8 Å². The first-order chi connectivity index (χ1) is 14.6. The van der Waals surface area contributed by atoms with Crippen molar-refractivity contribution >= 4 is 28.9 Å². The van der Waals surface area contributed by atoms with E-state index in [1.54, 1.807) is 7.11 Å². The van der Waals surface area contributed by atoms with Crippen LogP contribution in [0.4, 0.5) is 11.6 Å². The van der Waals surface area contributed by atoms with Crippen molar-refractivity contribution < 1.29 is 9.53 Å². The normalized spacial score (nSPS) is 17.7. The number of carbonyl (C=O) groups is 1. The zero-order valence-electron chi connectivity index (χ0n) is 17.9. The summed E-state index contributed by atoms with van der Waals surface area (Å²) in [4.78, 5) is 25.8. The summed E-state index contributed by atoms with van der Waals surface area (Å²) >= 11 is 1.82. The number of piperazine rings is 1. The fourth-order valence-corrected chi connectivity index (χ4v) is 5.03. The van der Waals surface area contributed by atoms with E-state index in [1.807, 2.05) is 23.5 Å². The van der Waals surface area contributed by atoms with Gasteiger partial charge in [0.05, 0.1) is 13.2 Å². The van der Waals surface area contributed by atoms with Crippen molar-refractivity contribution in [1.82, 2.24) is 14.8 Å². The topological polar surface area (TPSA) is 60.9 Å². The minimum absolute atomic E-state index is 0.000340. The molecule has 0 aromatic carbocycles. The molecule has 4 rings (SSSR count). The largest absolute Gasteiger partial charge is 0.383 e. The highest BCUT2D eigenvalue weighted by Gasteiger charge is 2.21. The highest BCUT2D eigenvalue weighted by molar-refractivity contribution is 7.10. The Balaban J connectivity index is 1.32. The summed E-state index contributed by atoms with van der Waals surface area (Å²) < 4.78 is 5.18. The summed E-state index contributed by atoms with van der Waals surface area (Å²) in [5, 5.41) is 5.15. The van der Waals surface area contributed by atoms with Crippen LogP contribution in [-0.2, 0) is 22.5 Å². The number of nitrogens with one attached hydrogen (secondary N) is 1. The fourth-order valence-electron chi connectivity index (χ4n) is 4.14. The molecule has 0 radical (unpaired) electrons. The highest BCUT2D eigenvalue weighted by Crippen LogP contribution is 2.24. The fraction of sp³-hybridized carbons (Fsp3) is 0.545. The Kier molecular flexibility index (Phi) is 6.99. The molecule has 2 aliphatic heterocycles. The molecule has 8 heteroatoms. The van der Waals surface area contributed by atoms with Gasteiger partial charge in [-0.25, -0.2) is 4.98 Å². The minimum Gasteiger partial charge on any atom is -0.383 e. The second kappa shape index (κ2) is 9.87. The highest BCUT2D eigenvalue weighted by atomic mass is 32.1. The molecule has 0 spiro atoms. The van der Waals surface area contributed by atoms with Crippen LogP contribution in [-0.4, -0.2) is 80.2 Å². The van der Waals surface area contributed by atoms with Gasteiger partial charge in [0.25, 0.3) is 0 Å². The van der Waals surface area contributed by atoms with Gasteiger partial charge in [-0.15, -0.1) is 11.3 Å². The van der Waals surface area contributed by atoms with Crippen LogP contribution in [0.3, 0.4) is 0 Å². The number of aryl methyl sites for hydroxylation is 1. The van der Waals surface area contributed by atoms with Gasteiger partial charge in [-0.1, -0.05) is 6.07 Å². The molecule has 1 N–H and O–H groups in total. The SMILES string of the molecule is COCCN1CCN(c2nc(NC(=O)CN3CCc4sccc4C3)ccc2C)CC1. The molecule has 162 valence electrons. The van der Waals surface area contributed by atoms with Crippen molar-refractivity contribution in [3.05, 3.63) is 39.6 Å². The van der Waals surface area contributed by atoms with Crippen LogP contribution in [0.2, 0.25) is 0 Å². The van der Waals surface area contributed by atoms with Gasteiger partial charge >= 0.3 is 0 Å². The number of amides is 1. The maximum absolute atomic E-state index is 12.6. The van der Waals surface area contributed by atoms with E-state index in [9.17, 15) is 4.79 Å². The van der Waals surface area contributed by atoms with E-state index >= 15 is 0 Å². The third-order valence-corrected chi connectivity index (χ3v) is 6.90. The standard InChI is InChI=1S/C22H31N5O2S/c1-17-3-4-20(24-22(17)27-10-8-25(9-11-27)12-13-29-2)23-21(28)16-26-7-5-19-18(15-26)6-14-30-19/h3-4,6,14H,5,7-13,15-16H2,1-2H3,(H,23,24,28). The number of hydrogen-bond donors (Lipinski definition) is 1. The molecule has 1 amide bonds. The number of methoxy groups -OCH3 is 1. The number of nitrogens with zero attached hydrogens (tertiary/aromatic N) is 4. The maximum Gasteiger partial charge on any atom is 0.239 e. The monoisotopic (exact) mass is 429 g/mol. The molecule has 2 aliphatic rings. The second-order valence-corrected chi connectivity index (χ2v) is 9.04. The number of aromatic nitrogens is 1. The van der Waals surface area contributed by atoms with Gasteiger partial charge in [-0.2, -0.15) is 0 Å². The lowest BCUT2D eigenvalue weighted by molar-refractivity contribution is -0.117. The summed E-state index contributed by atoms with van der Waals surface area (Å²) in [6.45, 7) is 9.88. The van der Waals surface area contributed by atoms with Gasteiger partial charge in [0.15, 0.2) is 0 Å². The molecule has 1 fully saturated rings. The van der Waals surface area contributed by atoms with Crippen LogP contribution in [0.5, 0.6) is 0 Å². The molecular weight excluding hydrogens is 398 g/mol. The van der Waals surface area contributed by atoms with E-state index in [1.165, 1.54) is 10.4 Å². The number of fused-ring (bicyclic) bond motifs is 1. The number of pyridine rings is 1. The molecule has 2 aromatic rings. The first kappa shape index (κ1) is 21.2. The lowest BCUT2D eigenvalue weighted by atomic mass is 10.1. The molecule has 0 unspecified atom stereocenters. The summed E-state index contributed by atoms with van der Waals surface area (Å²) in [6.07, 6.45) is 1.03. The zero-order chi connectivity index (χ0) is 20.9. The Bertz CT molecular complexity index is 863. The first-order valence-corrected chi connectivity index (χ1v) is 11.5. The average molecular weight is 430 g/mol. The van der Waals surface area contributed by atoms with Gasteiger partial charge in [0.1, 0.15) is 11.6 Å². The van der Waals surface area contributed by atoms with Crippen LogP contribution >= 0.6 is 11.3 Å². The molecule has 0 bridgehead atoms. The predicted molar refractivity (Wildman–Crippen MR) is 121 cm³/mol. The Labute approximate surface area is 182 Å². The van der Waals surface area contributed by atoms with E-state index in [0.29, 0.717) is 12.4 Å². The second-order valence-electron chi connectivity index (χ2n) is 8.04. The summed E-state index contributed by atoms with van der Waals surface area (Å²) in [5.74, 6) is 1.61. The number of anilines is 2. The summed E-state index contributed by atoms with van der Waals surface area (Å²) in [6, 6.07) is 6.12. The smallest absolute Gasteiger partial charge is 0.239 e. The van der Waals surface area contributed by atoms with Gasteiger partial charge in [-0.05, 0) is 42.0 Å². The first-order valence-electron chi connectivity index (χ1n) is 10.6. The van der Waals surface area contributed by atoms with Crippen LogP contribution in [0.25, 0.3) is 0 Å². The van der Waals surface area contributed by atoms with E-state index in [0.717, 1.165) is 70.2 Å². The van der Waals surface area contributed by atoms with Crippen molar-refractivity contribution in [2.45, 2.75) is 19.9 Å². The van der Waals surface area contributed by atoms with Crippen molar-refractivity contribution in [1.29, 1.82) is 0 Å². The van der Waals surface area contributed by atoms with Crippen molar-refractivity contribution in [2.24, 2.45) is 0 Å². The number of hydrogen-bond acceptors (Lipinski definition) is 7. The molecule has 1 saturated heterocycles. The molecule has 0 aliphatic carbocycles. The quantitative estimate of drug-likeness (QED) is 0.728. The van der Waals surface area contributed by atoms with Gasteiger partial charge in [0.2, 0.25) is 5.91 Å². The molecule has 30 heavy (non-hydrogen) atoms. The number of thiophene rings is 1. The van der Waals surface area contributed by atoms with Crippen molar-refractivity contribution in [3.8, 4) is 0 Å². The van der Waals surface area contributed by atoms with Crippen LogP contribution < -0.4 is 10.2 Å². The Morgan fingerprint density at radius 2 is 2.00 bits per heavy atom. The van der Waals surface area contributed by atoms with Gasteiger partial charge in [-0.3, -0.25) is 14.6 Å². The van der Waals surface area contributed by atoms with Crippen molar-refractivity contribution in [3.63, 3.8) is 0 Å². The van der Waals surface area contributed by atoms with E-state index < -0.39 is 0 Å².